The van der Waals surface area contributed by atoms with Crippen LogP contribution in [0.5, 0.6) is 0 Å². The number of rotatable bonds is 6. The lowest BCUT2D eigenvalue weighted by Crippen LogP contribution is -2.32. The first-order valence-corrected chi connectivity index (χ1v) is 5.75. The van der Waals surface area contributed by atoms with E-state index < -0.39 is 23.9 Å². The van der Waals surface area contributed by atoms with Crippen LogP contribution in [0.4, 0.5) is 5.69 Å². The Labute approximate surface area is 114 Å². The van der Waals surface area contributed by atoms with Gasteiger partial charge in [0.1, 0.15) is 6.04 Å². The lowest BCUT2D eigenvalue weighted by Gasteiger charge is -2.09. The van der Waals surface area contributed by atoms with Gasteiger partial charge in [0.2, 0.25) is 5.91 Å². The Morgan fingerprint density at radius 2 is 2.15 bits per heavy atom. The van der Waals surface area contributed by atoms with Gasteiger partial charge in [0.05, 0.1) is 24.6 Å². The van der Waals surface area contributed by atoms with Crippen molar-refractivity contribution in [3.8, 4) is 0 Å². The molecular weight excluding hydrogens is 266 g/mol. The van der Waals surface area contributed by atoms with E-state index in [9.17, 15) is 14.4 Å². The third-order valence-corrected chi connectivity index (χ3v) is 2.46. The molecule has 8 nitrogen and oxygen atoms in total. The van der Waals surface area contributed by atoms with Gasteiger partial charge in [-0.3, -0.25) is 14.6 Å². The average molecular weight is 281 g/mol. The van der Waals surface area contributed by atoms with Crippen LogP contribution in [0.15, 0.2) is 18.5 Å². The minimum atomic E-state index is -1.14. The first-order chi connectivity index (χ1) is 9.43. The molecule has 1 heterocycles. The van der Waals surface area contributed by atoms with Crippen molar-refractivity contribution < 1.29 is 24.2 Å². The quantitative estimate of drug-likeness (QED) is 0.625. The molecule has 0 aliphatic rings. The summed E-state index contributed by atoms with van der Waals surface area (Å²) in [4.78, 5) is 37.1. The second-order valence-corrected chi connectivity index (χ2v) is 3.98. The molecule has 1 rings (SSSR count). The number of anilines is 1. The number of amides is 1. The molecule has 8 heteroatoms. The van der Waals surface area contributed by atoms with Crippen molar-refractivity contribution in [1.82, 2.24) is 4.98 Å². The lowest BCUT2D eigenvalue weighted by atomic mass is 10.1. The molecule has 0 radical (unpaired) electrons. The second-order valence-electron chi connectivity index (χ2n) is 3.98. The summed E-state index contributed by atoms with van der Waals surface area (Å²) in [6.45, 7) is 0. The van der Waals surface area contributed by atoms with E-state index in [-0.39, 0.29) is 24.1 Å². The van der Waals surface area contributed by atoms with Crippen LogP contribution in [-0.4, -0.2) is 41.1 Å². The number of aromatic nitrogens is 1. The lowest BCUT2D eigenvalue weighted by molar-refractivity contribution is -0.142. The average Bonchev–Trinajstić information content (AvgIpc) is 2.44. The highest BCUT2D eigenvalue weighted by Gasteiger charge is 2.15. The summed E-state index contributed by atoms with van der Waals surface area (Å²) in [5, 5.41) is 11.3. The molecule has 20 heavy (non-hydrogen) atoms. The summed E-state index contributed by atoms with van der Waals surface area (Å²) >= 11 is 0. The molecule has 0 bridgehead atoms. The summed E-state index contributed by atoms with van der Waals surface area (Å²) in [5.41, 5.74) is 5.72. The fourth-order valence-electron chi connectivity index (χ4n) is 1.40. The molecule has 0 fully saturated rings. The number of hydrogen-bond acceptors (Lipinski definition) is 6. The fraction of sp³-hybridized carbons (Fsp3) is 0.333. The predicted molar refractivity (Wildman–Crippen MR) is 69.1 cm³/mol. The normalized spacial score (nSPS) is 11.5. The molecule has 1 aromatic rings. The van der Waals surface area contributed by atoms with Gasteiger partial charge >= 0.3 is 11.9 Å². The van der Waals surface area contributed by atoms with Crippen molar-refractivity contribution in [3.63, 3.8) is 0 Å². The standard InChI is InChI=1S/C12H15N3O5/c1-20-12(19)9(13)2-3-10(16)15-8-4-7(11(17)18)5-14-6-8/h4-6,9H,2-3,13H2,1H3,(H,15,16)(H,17,18)/t9-/m0/s1. The van der Waals surface area contributed by atoms with E-state index in [4.69, 9.17) is 10.8 Å². The van der Waals surface area contributed by atoms with Gasteiger partial charge in [-0.25, -0.2) is 4.79 Å². The van der Waals surface area contributed by atoms with Crippen LogP contribution in [0.25, 0.3) is 0 Å². The van der Waals surface area contributed by atoms with Gasteiger partial charge in [-0.15, -0.1) is 0 Å². The predicted octanol–water partition coefficient (Wildman–Crippen LogP) is -0.00120. The van der Waals surface area contributed by atoms with Crippen LogP contribution in [0, 0.1) is 0 Å². The molecule has 0 unspecified atom stereocenters. The summed E-state index contributed by atoms with van der Waals surface area (Å²) in [7, 11) is 1.21. The number of hydrogen-bond donors (Lipinski definition) is 3. The number of carboxylic acids is 1. The highest BCUT2D eigenvalue weighted by Crippen LogP contribution is 2.09. The maximum atomic E-state index is 11.6. The fourth-order valence-corrected chi connectivity index (χ4v) is 1.40. The van der Waals surface area contributed by atoms with E-state index >= 15 is 0 Å². The van der Waals surface area contributed by atoms with E-state index in [0.717, 1.165) is 0 Å². The molecule has 1 atom stereocenters. The second kappa shape index (κ2) is 7.19. The number of nitrogens with two attached hydrogens (primary N) is 1. The van der Waals surface area contributed by atoms with Crippen molar-refractivity contribution in [2.75, 3.05) is 12.4 Å². The number of carbonyl (C=O) groups is 3. The Kier molecular flexibility index (Phi) is 5.60. The van der Waals surface area contributed by atoms with Crippen molar-refractivity contribution in [2.24, 2.45) is 5.73 Å². The number of nitrogens with zero attached hydrogens (tertiary/aromatic N) is 1. The number of esters is 1. The maximum absolute atomic E-state index is 11.6. The molecule has 108 valence electrons. The summed E-state index contributed by atoms with van der Waals surface area (Å²) in [6.07, 6.45) is 2.63. The van der Waals surface area contributed by atoms with E-state index in [2.05, 4.69) is 15.0 Å². The number of methoxy groups -OCH3 is 1. The van der Waals surface area contributed by atoms with Crippen LogP contribution in [0.1, 0.15) is 23.2 Å². The minimum Gasteiger partial charge on any atom is -0.478 e. The van der Waals surface area contributed by atoms with Gasteiger partial charge in [0.15, 0.2) is 0 Å². The molecule has 1 amide bonds. The molecular formula is C12H15N3O5. The number of nitrogens with one attached hydrogen (secondary N) is 1. The van der Waals surface area contributed by atoms with Crippen LogP contribution in [-0.2, 0) is 14.3 Å². The Bertz CT molecular complexity index is 518. The maximum Gasteiger partial charge on any atom is 0.337 e. The third kappa shape index (κ3) is 4.65. The molecule has 0 saturated carbocycles. The van der Waals surface area contributed by atoms with Crippen LogP contribution < -0.4 is 11.1 Å². The SMILES string of the molecule is COC(=O)[C@@H](N)CCC(=O)Nc1cncc(C(=O)O)c1. The summed E-state index contributed by atoms with van der Waals surface area (Å²) < 4.78 is 4.43. The molecule has 0 aliphatic heterocycles. The topological polar surface area (TPSA) is 132 Å². The molecule has 0 aromatic carbocycles. The smallest absolute Gasteiger partial charge is 0.337 e. The number of carboxylic acid groups (broad SMARTS) is 1. The number of ether oxygens (including phenoxy) is 1. The Morgan fingerprint density at radius 1 is 1.45 bits per heavy atom. The van der Waals surface area contributed by atoms with Crippen LogP contribution >= 0.6 is 0 Å². The Morgan fingerprint density at radius 3 is 2.75 bits per heavy atom. The minimum absolute atomic E-state index is 0.00751. The zero-order chi connectivity index (χ0) is 15.1. The number of aromatic carboxylic acids is 1. The zero-order valence-corrected chi connectivity index (χ0v) is 10.8. The van der Waals surface area contributed by atoms with Crippen LogP contribution in [0.2, 0.25) is 0 Å². The largest absolute Gasteiger partial charge is 0.478 e. The van der Waals surface area contributed by atoms with Gasteiger partial charge < -0.3 is 20.9 Å². The summed E-state index contributed by atoms with van der Waals surface area (Å²) in [5.74, 6) is -2.12. The Hall–Kier alpha value is -2.48. The Balaban J connectivity index is 2.52. The van der Waals surface area contributed by atoms with E-state index in [1.165, 1.54) is 25.6 Å². The van der Waals surface area contributed by atoms with Gasteiger partial charge in [0.25, 0.3) is 0 Å². The van der Waals surface area contributed by atoms with Crippen molar-refractivity contribution in [3.05, 3.63) is 24.0 Å². The third-order valence-electron chi connectivity index (χ3n) is 2.46. The van der Waals surface area contributed by atoms with Crippen molar-refractivity contribution in [1.29, 1.82) is 0 Å². The van der Waals surface area contributed by atoms with E-state index in [1.807, 2.05) is 0 Å². The molecule has 4 N–H and O–H groups in total. The monoisotopic (exact) mass is 281 g/mol. The van der Waals surface area contributed by atoms with Gasteiger partial charge in [-0.2, -0.15) is 0 Å². The van der Waals surface area contributed by atoms with Gasteiger partial charge in [0, 0.05) is 12.6 Å². The highest BCUT2D eigenvalue weighted by molar-refractivity contribution is 5.93. The molecule has 0 aliphatic carbocycles. The number of carbonyl (C=O) groups excluding carboxylic acids is 2. The van der Waals surface area contributed by atoms with Gasteiger partial charge in [-0.1, -0.05) is 0 Å². The zero-order valence-electron chi connectivity index (χ0n) is 10.8. The molecule has 0 saturated heterocycles. The van der Waals surface area contributed by atoms with E-state index in [1.54, 1.807) is 0 Å². The number of pyridine rings is 1. The van der Waals surface area contributed by atoms with Crippen molar-refractivity contribution >= 4 is 23.5 Å². The molecule has 0 spiro atoms. The molecule has 1 aromatic heterocycles. The van der Waals surface area contributed by atoms with Crippen LogP contribution in [0.3, 0.4) is 0 Å². The first-order valence-electron chi connectivity index (χ1n) is 5.75. The first kappa shape index (κ1) is 15.6. The van der Waals surface area contributed by atoms with Gasteiger partial charge in [-0.05, 0) is 12.5 Å². The van der Waals surface area contributed by atoms with Crippen molar-refractivity contribution in [2.45, 2.75) is 18.9 Å². The highest BCUT2D eigenvalue weighted by atomic mass is 16.5. The van der Waals surface area contributed by atoms with E-state index in [0.29, 0.717) is 0 Å². The summed E-state index contributed by atoms with van der Waals surface area (Å²) in [6, 6.07) is 0.419.